The van der Waals surface area contributed by atoms with E-state index in [1.54, 1.807) is 18.3 Å². The maximum atomic E-state index is 13.2. The van der Waals surface area contributed by atoms with Crippen molar-refractivity contribution >= 4 is 29.2 Å². The highest BCUT2D eigenvalue weighted by molar-refractivity contribution is 6.34. The summed E-state index contributed by atoms with van der Waals surface area (Å²) in [6, 6.07) is 7.72. The number of nitrogens with zero attached hydrogens (tertiary/aromatic N) is 4. The van der Waals surface area contributed by atoms with Crippen LogP contribution in [0.5, 0.6) is 0 Å². The summed E-state index contributed by atoms with van der Waals surface area (Å²) in [6.07, 6.45) is 5.69. The first-order valence-electron chi connectivity index (χ1n) is 12.5. The molecule has 2 aromatic heterocycles. The van der Waals surface area contributed by atoms with Gasteiger partial charge in [-0.3, -0.25) is 14.3 Å². The SMILES string of the molecule is Cc1cc(C#Cc2ccc(F)cc2)cnc1NC(=O)c1c(Cl)cnn1CC1CN(C(=O)C2CCC2)CCO1. The van der Waals surface area contributed by atoms with E-state index in [0.29, 0.717) is 42.2 Å². The average Bonchev–Trinajstić information content (AvgIpc) is 3.24. The number of benzene rings is 1. The van der Waals surface area contributed by atoms with E-state index in [4.69, 9.17) is 16.3 Å². The van der Waals surface area contributed by atoms with Crippen LogP contribution in [0.3, 0.4) is 0 Å². The Labute approximate surface area is 225 Å². The minimum Gasteiger partial charge on any atom is -0.373 e. The minimum atomic E-state index is -0.452. The number of carbonyl (C=O) groups is 2. The molecule has 0 bridgehead atoms. The quantitative estimate of drug-likeness (QED) is 0.498. The van der Waals surface area contributed by atoms with Crippen LogP contribution in [0, 0.1) is 30.5 Å². The van der Waals surface area contributed by atoms with Crippen LogP contribution < -0.4 is 5.32 Å². The van der Waals surface area contributed by atoms with Gasteiger partial charge in [-0.05, 0) is 55.7 Å². The number of amides is 2. The van der Waals surface area contributed by atoms with Crippen LogP contribution in [-0.2, 0) is 16.1 Å². The molecule has 5 rings (SSSR count). The molecular formula is C28H27ClFN5O3. The molecule has 1 aliphatic heterocycles. The van der Waals surface area contributed by atoms with Gasteiger partial charge in [-0.25, -0.2) is 9.37 Å². The van der Waals surface area contributed by atoms with Crippen LogP contribution >= 0.6 is 11.6 Å². The molecule has 10 heteroatoms. The fraction of sp³-hybridized carbons (Fsp3) is 0.357. The highest BCUT2D eigenvalue weighted by atomic mass is 35.5. The summed E-state index contributed by atoms with van der Waals surface area (Å²) >= 11 is 6.33. The van der Waals surface area contributed by atoms with Gasteiger partial charge in [-0.2, -0.15) is 5.10 Å². The van der Waals surface area contributed by atoms with Crippen LogP contribution in [0.25, 0.3) is 0 Å². The predicted octanol–water partition coefficient (Wildman–Crippen LogP) is 4.06. The number of carbonyl (C=O) groups excluding carboxylic acids is 2. The fourth-order valence-corrected chi connectivity index (χ4v) is 4.71. The lowest BCUT2D eigenvalue weighted by molar-refractivity contribution is -0.146. The molecule has 2 aliphatic rings. The van der Waals surface area contributed by atoms with E-state index in [1.807, 2.05) is 17.9 Å². The Balaban J connectivity index is 1.25. The van der Waals surface area contributed by atoms with Crippen molar-refractivity contribution in [1.82, 2.24) is 19.7 Å². The van der Waals surface area contributed by atoms with Gasteiger partial charge in [-0.15, -0.1) is 0 Å². The molecule has 196 valence electrons. The van der Waals surface area contributed by atoms with Crippen LogP contribution in [0.2, 0.25) is 5.02 Å². The second kappa shape index (κ2) is 11.3. The van der Waals surface area contributed by atoms with Gasteiger partial charge in [0.2, 0.25) is 5.91 Å². The molecule has 1 atom stereocenters. The van der Waals surface area contributed by atoms with E-state index in [9.17, 15) is 14.0 Å². The summed E-state index contributed by atoms with van der Waals surface area (Å²) in [5, 5.41) is 7.29. The highest BCUT2D eigenvalue weighted by Gasteiger charge is 2.33. The first-order valence-corrected chi connectivity index (χ1v) is 12.9. The molecule has 8 nitrogen and oxygen atoms in total. The number of hydrogen-bond acceptors (Lipinski definition) is 5. The monoisotopic (exact) mass is 535 g/mol. The van der Waals surface area contributed by atoms with Gasteiger partial charge >= 0.3 is 0 Å². The molecule has 1 N–H and O–H groups in total. The van der Waals surface area contributed by atoms with Crippen molar-refractivity contribution in [2.75, 3.05) is 25.0 Å². The Morgan fingerprint density at radius 3 is 2.66 bits per heavy atom. The normalized spacial score (nSPS) is 17.3. The van der Waals surface area contributed by atoms with Gasteiger partial charge in [0, 0.05) is 36.3 Å². The lowest BCUT2D eigenvalue weighted by atomic mass is 9.84. The van der Waals surface area contributed by atoms with Gasteiger partial charge in [0.1, 0.15) is 17.3 Å². The highest BCUT2D eigenvalue weighted by Crippen LogP contribution is 2.29. The van der Waals surface area contributed by atoms with Gasteiger partial charge < -0.3 is 15.0 Å². The summed E-state index contributed by atoms with van der Waals surface area (Å²) < 4.78 is 20.5. The Morgan fingerprint density at radius 2 is 1.95 bits per heavy atom. The molecule has 0 radical (unpaired) electrons. The molecular weight excluding hydrogens is 509 g/mol. The number of halogens is 2. The molecule has 1 saturated heterocycles. The molecule has 1 aromatic carbocycles. The Hall–Kier alpha value is -3.74. The van der Waals surface area contributed by atoms with Crippen molar-refractivity contribution in [3.63, 3.8) is 0 Å². The Bertz CT molecular complexity index is 1410. The standard InChI is InChI=1S/C28H27ClFN5O3/c1-18-13-20(6-5-19-7-9-22(30)10-8-19)14-31-26(18)33-27(36)25-24(29)15-32-35(25)17-23-16-34(11-12-38-23)28(37)21-3-2-4-21/h7-10,13-15,21,23H,2-4,11-12,16-17H2,1H3,(H,31,33,36). The van der Waals surface area contributed by atoms with Gasteiger partial charge in [-0.1, -0.05) is 29.9 Å². The summed E-state index contributed by atoms with van der Waals surface area (Å²) in [5.74, 6) is 5.88. The van der Waals surface area contributed by atoms with Crippen LogP contribution in [-0.4, -0.2) is 57.3 Å². The maximum Gasteiger partial charge on any atom is 0.276 e. The first-order chi connectivity index (χ1) is 18.4. The summed E-state index contributed by atoms with van der Waals surface area (Å²) in [7, 11) is 0. The fourth-order valence-electron chi connectivity index (χ4n) is 4.48. The summed E-state index contributed by atoms with van der Waals surface area (Å²) in [5.41, 5.74) is 2.25. The third-order valence-corrected chi connectivity index (χ3v) is 7.07. The van der Waals surface area contributed by atoms with Gasteiger partial charge in [0.25, 0.3) is 5.91 Å². The number of nitrogens with one attached hydrogen (secondary N) is 1. The smallest absolute Gasteiger partial charge is 0.276 e. The maximum absolute atomic E-state index is 13.2. The Kier molecular flexibility index (Phi) is 7.72. The number of aromatic nitrogens is 3. The summed E-state index contributed by atoms with van der Waals surface area (Å²) in [6.45, 7) is 3.57. The van der Waals surface area contributed by atoms with Crippen molar-refractivity contribution in [2.24, 2.45) is 5.92 Å². The lowest BCUT2D eigenvalue weighted by Crippen LogP contribution is -2.50. The van der Waals surface area contributed by atoms with Crippen molar-refractivity contribution in [3.05, 3.63) is 75.9 Å². The molecule has 0 spiro atoms. The average molecular weight is 536 g/mol. The summed E-state index contributed by atoms with van der Waals surface area (Å²) in [4.78, 5) is 32.1. The van der Waals surface area contributed by atoms with E-state index >= 15 is 0 Å². The second-order valence-corrected chi connectivity index (χ2v) is 9.94. The van der Waals surface area contributed by atoms with Crippen molar-refractivity contribution in [1.29, 1.82) is 0 Å². The van der Waals surface area contributed by atoms with Gasteiger partial charge in [0.05, 0.1) is 30.5 Å². The third kappa shape index (κ3) is 5.87. The molecule has 2 amide bonds. The van der Waals surface area contributed by atoms with Crippen molar-refractivity contribution < 1.29 is 18.7 Å². The van der Waals surface area contributed by atoms with Gasteiger partial charge in [0.15, 0.2) is 0 Å². The number of morpholine rings is 1. The van der Waals surface area contributed by atoms with Crippen LogP contribution in [0.1, 0.15) is 46.4 Å². The van der Waals surface area contributed by atoms with Crippen LogP contribution in [0.4, 0.5) is 10.2 Å². The largest absolute Gasteiger partial charge is 0.373 e. The predicted molar refractivity (Wildman–Crippen MR) is 140 cm³/mol. The van der Waals surface area contributed by atoms with E-state index in [1.165, 1.54) is 23.0 Å². The minimum absolute atomic E-state index is 0.130. The molecule has 3 aromatic rings. The van der Waals surface area contributed by atoms with E-state index < -0.39 is 5.91 Å². The molecule has 1 saturated carbocycles. The number of rotatable bonds is 5. The van der Waals surface area contributed by atoms with Crippen LogP contribution in [0.15, 0.2) is 42.7 Å². The van der Waals surface area contributed by atoms with Crippen molar-refractivity contribution in [3.8, 4) is 11.8 Å². The topological polar surface area (TPSA) is 89.4 Å². The molecule has 1 aliphatic carbocycles. The third-order valence-electron chi connectivity index (χ3n) is 6.80. The number of ether oxygens (including phenoxy) is 1. The zero-order chi connectivity index (χ0) is 26.6. The van der Waals surface area contributed by atoms with E-state index in [2.05, 4.69) is 27.2 Å². The molecule has 2 fully saturated rings. The number of anilines is 1. The number of hydrogen-bond donors (Lipinski definition) is 1. The van der Waals surface area contributed by atoms with E-state index in [-0.39, 0.29) is 41.0 Å². The zero-order valence-electron chi connectivity index (χ0n) is 20.9. The lowest BCUT2D eigenvalue weighted by Gasteiger charge is -2.37. The number of aryl methyl sites for hydroxylation is 1. The first kappa shape index (κ1) is 25.9. The second-order valence-electron chi connectivity index (χ2n) is 9.53. The Morgan fingerprint density at radius 1 is 1.18 bits per heavy atom. The molecule has 1 unspecified atom stereocenters. The number of pyridine rings is 1. The van der Waals surface area contributed by atoms with E-state index in [0.717, 1.165) is 19.3 Å². The molecule has 3 heterocycles. The van der Waals surface area contributed by atoms with Crippen molar-refractivity contribution in [2.45, 2.75) is 38.8 Å². The zero-order valence-corrected chi connectivity index (χ0v) is 21.7. The molecule has 38 heavy (non-hydrogen) atoms.